The van der Waals surface area contributed by atoms with E-state index in [1.54, 1.807) is 54.6 Å². The quantitative estimate of drug-likeness (QED) is 0.0247. The molecule has 0 aliphatic rings. The van der Waals surface area contributed by atoms with Crippen molar-refractivity contribution in [3.63, 3.8) is 0 Å². The van der Waals surface area contributed by atoms with Crippen LogP contribution in [0.1, 0.15) is 149 Å². The summed E-state index contributed by atoms with van der Waals surface area (Å²) in [6, 6.07) is 53.3. The molecule has 0 aliphatic heterocycles. The molecule has 0 unspecified atom stereocenters. The van der Waals surface area contributed by atoms with Crippen molar-refractivity contribution < 1.29 is 28.7 Å². The fourth-order valence-corrected chi connectivity index (χ4v) is 10.6. The van der Waals surface area contributed by atoms with E-state index in [-0.39, 0.29) is 23.5 Å². The number of fused-ring (bicyclic) bond motifs is 4. The minimum Gasteiger partial charge on any atom is -0.492 e. The highest BCUT2D eigenvalue weighted by Crippen LogP contribution is 2.36. The molecule has 0 aliphatic carbocycles. The third kappa shape index (κ3) is 16.7. The van der Waals surface area contributed by atoms with Crippen LogP contribution in [0.2, 0.25) is 0 Å². The van der Waals surface area contributed by atoms with Crippen LogP contribution < -0.4 is 30.7 Å². The maximum Gasteiger partial charge on any atom is 0.256 e. The first kappa shape index (κ1) is 58.0. The van der Waals surface area contributed by atoms with Gasteiger partial charge in [0.2, 0.25) is 11.8 Å². The molecule has 0 fully saturated rings. The van der Waals surface area contributed by atoms with E-state index < -0.39 is 11.8 Å². The average Bonchev–Trinajstić information content (AvgIpc) is 3.65. The third-order valence-corrected chi connectivity index (χ3v) is 14.9. The number of carbonyl (C=O) groups excluding carboxylic acids is 4. The van der Waals surface area contributed by atoms with Crippen LogP contribution in [0.25, 0.3) is 43.1 Å². The molecule has 4 N–H and O–H groups in total. The third-order valence-electron chi connectivity index (χ3n) is 14.9. The monoisotopic (exact) mass is 1100 g/mol. The maximum atomic E-state index is 13.7. The predicted molar refractivity (Wildman–Crippen MR) is 334 cm³/mol. The van der Waals surface area contributed by atoms with Gasteiger partial charge in [0.05, 0.1) is 13.2 Å². The molecule has 12 nitrogen and oxygen atoms in total. The fraction of sp³-hybridized carbons (Fsp3) is 0.314. The zero-order valence-electron chi connectivity index (χ0n) is 47.3. The highest BCUT2D eigenvalue weighted by Gasteiger charge is 2.17. The topological polar surface area (TPSA) is 161 Å². The van der Waals surface area contributed by atoms with E-state index >= 15 is 0 Å². The smallest absolute Gasteiger partial charge is 0.256 e. The van der Waals surface area contributed by atoms with Gasteiger partial charge in [0.15, 0.2) is 0 Å². The summed E-state index contributed by atoms with van der Waals surface area (Å²) in [6.07, 6.45) is 17.4. The molecule has 0 spiro atoms. The van der Waals surface area contributed by atoms with Gasteiger partial charge in [0, 0.05) is 45.5 Å². The molecule has 422 valence electrons. The lowest BCUT2D eigenvalue weighted by Gasteiger charge is -2.13. The van der Waals surface area contributed by atoms with Gasteiger partial charge in [-0.25, -0.2) is 9.97 Å². The van der Waals surface area contributed by atoms with Crippen molar-refractivity contribution in [3.05, 3.63) is 180 Å². The second-order valence-corrected chi connectivity index (χ2v) is 21.3. The number of aromatic nitrogens is 2. The SMILES string of the molecule is CCCCc1cc(C(=O)Nc2cccc(NC(=O)CCCCCCCCCOc3c4ccccc4cc4ccccc34)n2)cc(C(=O)Nc2cccc(NC(=O)CCCCCCCCCOc3c4ccccc4cc4ccccc34)n2)c1. The minimum atomic E-state index is -0.440. The van der Waals surface area contributed by atoms with Gasteiger partial charge in [0.25, 0.3) is 11.8 Å². The van der Waals surface area contributed by atoms with Gasteiger partial charge in [-0.3, -0.25) is 19.2 Å². The number of benzene rings is 7. The standard InChI is InChI=1S/C70H76N6O6/c1-2-3-28-50-45-55(69(79)75-63-39-26-37-61(71-63)73-65(77)41-14-10-6-4-8-12-24-43-81-67-57-33-20-16-29-51(57)47-52-30-17-21-34-58(52)67)49-56(46-50)70(80)76-64-40-27-38-62(72-64)74-66(78)42-15-11-7-5-9-13-25-44-82-68-59-35-22-18-31-53(59)48-54-32-19-23-36-60(54)68/h16-23,26-27,29-40,45-49H,2-15,24-25,28,41-44H2,1H3,(H2,71,73,75,77,79)(H2,72,74,76,78,80). The number of carbonyl (C=O) groups is 4. The number of nitrogens with zero attached hydrogens (tertiary/aromatic N) is 2. The summed E-state index contributed by atoms with van der Waals surface area (Å²) in [7, 11) is 0. The molecule has 0 saturated carbocycles. The molecule has 2 heterocycles. The Hall–Kier alpha value is -8.64. The Kier molecular flexibility index (Phi) is 21.4. The van der Waals surface area contributed by atoms with Crippen LogP contribution in [0.5, 0.6) is 11.5 Å². The van der Waals surface area contributed by atoms with Crippen LogP contribution in [0.15, 0.2) is 164 Å². The zero-order valence-corrected chi connectivity index (χ0v) is 47.3. The van der Waals surface area contributed by atoms with Gasteiger partial charge in [-0.2, -0.15) is 0 Å². The molecule has 7 aromatic carbocycles. The molecule has 12 heteroatoms. The first-order valence-electron chi connectivity index (χ1n) is 29.6. The molecule has 0 atom stereocenters. The number of pyridine rings is 2. The second kappa shape index (κ2) is 30.3. The fourth-order valence-electron chi connectivity index (χ4n) is 10.6. The Morgan fingerprint density at radius 3 is 1.09 bits per heavy atom. The number of unbranched alkanes of at least 4 members (excludes halogenated alkanes) is 13. The molecule has 9 aromatic rings. The Balaban J connectivity index is 0.655. The predicted octanol–water partition coefficient (Wildman–Crippen LogP) is 17.2. The Labute approximate surface area is 481 Å². The zero-order chi connectivity index (χ0) is 56.7. The van der Waals surface area contributed by atoms with Crippen molar-refractivity contribution >= 4 is 90.0 Å². The van der Waals surface area contributed by atoms with Crippen molar-refractivity contribution in [1.29, 1.82) is 0 Å². The molecule has 2 aromatic heterocycles. The number of aryl methyl sites for hydroxylation is 1. The highest BCUT2D eigenvalue weighted by molar-refractivity contribution is 6.09. The van der Waals surface area contributed by atoms with Crippen LogP contribution in [0.4, 0.5) is 23.3 Å². The first-order chi connectivity index (χ1) is 40.3. The Morgan fingerprint density at radius 2 is 0.707 bits per heavy atom. The van der Waals surface area contributed by atoms with Crippen molar-refractivity contribution in [1.82, 2.24) is 9.97 Å². The van der Waals surface area contributed by atoms with E-state index in [2.05, 4.69) is 147 Å². The number of hydrogen-bond donors (Lipinski definition) is 4. The summed E-state index contributed by atoms with van der Waals surface area (Å²) in [5.74, 6) is 2.01. The molecule has 9 rings (SSSR count). The van der Waals surface area contributed by atoms with E-state index in [1.165, 1.54) is 21.5 Å². The lowest BCUT2D eigenvalue weighted by molar-refractivity contribution is -0.117. The van der Waals surface area contributed by atoms with E-state index in [0.717, 1.165) is 141 Å². The van der Waals surface area contributed by atoms with Crippen LogP contribution >= 0.6 is 0 Å². The summed E-state index contributed by atoms with van der Waals surface area (Å²) >= 11 is 0. The molecular weight excluding hydrogens is 1020 g/mol. The molecule has 4 amide bonds. The first-order valence-corrected chi connectivity index (χ1v) is 29.6. The summed E-state index contributed by atoms with van der Waals surface area (Å²) in [5, 5.41) is 20.8. The number of amides is 4. The summed E-state index contributed by atoms with van der Waals surface area (Å²) < 4.78 is 12.8. The normalized spacial score (nSPS) is 11.2. The lowest BCUT2D eigenvalue weighted by Crippen LogP contribution is -2.18. The van der Waals surface area contributed by atoms with Crippen LogP contribution in [-0.4, -0.2) is 46.8 Å². The van der Waals surface area contributed by atoms with Crippen molar-refractivity contribution in [2.45, 2.75) is 129 Å². The second-order valence-electron chi connectivity index (χ2n) is 21.3. The largest absolute Gasteiger partial charge is 0.492 e. The van der Waals surface area contributed by atoms with Crippen LogP contribution in [-0.2, 0) is 16.0 Å². The van der Waals surface area contributed by atoms with Gasteiger partial charge >= 0.3 is 0 Å². The summed E-state index contributed by atoms with van der Waals surface area (Å²) in [5.41, 5.74) is 1.43. The summed E-state index contributed by atoms with van der Waals surface area (Å²) in [6.45, 7) is 3.44. The number of anilines is 4. The number of ether oxygens (including phenoxy) is 2. The van der Waals surface area contributed by atoms with E-state index in [4.69, 9.17) is 9.47 Å². The summed E-state index contributed by atoms with van der Waals surface area (Å²) in [4.78, 5) is 62.3. The van der Waals surface area contributed by atoms with E-state index in [0.29, 0.717) is 55.2 Å². The molecule has 82 heavy (non-hydrogen) atoms. The molecular formula is C70H76N6O6. The minimum absolute atomic E-state index is 0.131. The van der Waals surface area contributed by atoms with Gasteiger partial charge < -0.3 is 30.7 Å². The average molecular weight is 1100 g/mol. The van der Waals surface area contributed by atoms with Gasteiger partial charge in [-0.05, 0) is 120 Å². The Morgan fingerprint density at radius 1 is 0.366 bits per heavy atom. The van der Waals surface area contributed by atoms with Crippen LogP contribution in [0.3, 0.4) is 0 Å². The lowest BCUT2D eigenvalue weighted by atomic mass is 10.0. The van der Waals surface area contributed by atoms with E-state index in [9.17, 15) is 19.2 Å². The number of hydrogen-bond acceptors (Lipinski definition) is 8. The molecule has 0 saturated heterocycles. The maximum absolute atomic E-state index is 13.7. The highest BCUT2D eigenvalue weighted by atomic mass is 16.5. The van der Waals surface area contributed by atoms with Crippen molar-refractivity contribution in [2.24, 2.45) is 0 Å². The van der Waals surface area contributed by atoms with Crippen molar-refractivity contribution in [3.8, 4) is 11.5 Å². The molecule has 0 bridgehead atoms. The number of nitrogens with one attached hydrogen (secondary N) is 4. The van der Waals surface area contributed by atoms with E-state index in [1.807, 2.05) is 0 Å². The Bertz CT molecular complexity index is 3280. The van der Waals surface area contributed by atoms with Gasteiger partial charge in [-0.15, -0.1) is 0 Å². The van der Waals surface area contributed by atoms with Crippen LogP contribution in [0, 0.1) is 0 Å². The molecule has 0 radical (unpaired) electrons. The van der Waals surface area contributed by atoms with Crippen molar-refractivity contribution in [2.75, 3.05) is 34.5 Å². The van der Waals surface area contributed by atoms with Gasteiger partial charge in [0.1, 0.15) is 34.8 Å². The number of rotatable bonds is 31. The van der Waals surface area contributed by atoms with Gasteiger partial charge in [-0.1, -0.05) is 187 Å².